The maximum Gasteiger partial charge on any atom is 0.240 e. The van der Waals surface area contributed by atoms with Crippen LogP contribution in [0.25, 0.3) is 0 Å². The summed E-state index contributed by atoms with van der Waals surface area (Å²) in [6.07, 6.45) is 4.42. The average molecular weight is 446 g/mol. The van der Waals surface area contributed by atoms with Crippen LogP contribution in [0.2, 0.25) is 5.02 Å². The number of hydrogen-bond donors (Lipinski definition) is 1. The lowest BCUT2D eigenvalue weighted by Gasteiger charge is -2.25. The van der Waals surface area contributed by atoms with E-state index in [2.05, 4.69) is 36.6 Å². The van der Waals surface area contributed by atoms with Gasteiger partial charge in [0.25, 0.3) is 0 Å². The van der Waals surface area contributed by atoms with Gasteiger partial charge in [-0.2, -0.15) is 0 Å². The first-order chi connectivity index (χ1) is 9.38. The zero-order valence-corrected chi connectivity index (χ0v) is 15.5. The molecule has 3 nitrogen and oxygen atoms in total. The van der Waals surface area contributed by atoms with Crippen LogP contribution in [-0.4, -0.2) is 19.8 Å². The highest BCUT2D eigenvalue weighted by molar-refractivity contribution is 9.10. The Morgan fingerprint density at radius 1 is 1.35 bits per heavy atom. The fraction of sp³-hybridized carbons (Fsp3) is 0.538. The van der Waals surface area contributed by atoms with Gasteiger partial charge in [-0.1, -0.05) is 34.0 Å². The third-order valence-corrected chi connectivity index (χ3v) is 6.95. The zero-order chi connectivity index (χ0) is 14.8. The van der Waals surface area contributed by atoms with Crippen LogP contribution in [0.1, 0.15) is 25.7 Å². The third-order valence-electron chi connectivity index (χ3n) is 3.48. The molecule has 0 aromatic heterocycles. The predicted molar refractivity (Wildman–Crippen MR) is 89.0 cm³/mol. The van der Waals surface area contributed by atoms with E-state index in [-0.39, 0.29) is 4.90 Å². The van der Waals surface area contributed by atoms with Crippen molar-refractivity contribution in [3.63, 3.8) is 0 Å². The maximum absolute atomic E-state index is 12.2. The summed E-state index contributed by atoms with van der Waals surface area (Å²) >= 11 is 12.7. The fourth-order valence-corrected chi connectivity index (χ4v) is 5.01. The van der Waals surface area contributed by atoms with Crippen LogP contribution in [0, 0.1) is 5.92 Å². The monoisotopic (exact) mass is 443 g/mol. The van der Waals surface area contributed by atoms with Crippen LogP contribution in [0.3, 0.4) is 0 Å². The second-order valence-electron chi connectivity index (χ2n) is 5.06. The Balaban J connectivity index is 2.01. The largest absolute Gasteiger partial charge is 0.240 e. The van der Waals surface area contributed by atoms with E-state index in [1.165, 1.54) is 18.6 Å². The van der Waals surface area contributed by atoms with Crippen molar-refractivity contribution < 1.29 is 8.42 Å². The molecule has 0 bridgehead atoms. The molecule has 1 fully saturated rings. The minimum atomic E-state index is -3.47. The Hall–Kier alpha value is 0.380. The highest BCUT2D eigenvalue weighted by atomic mass is 79.9. The first-order valence-electron chi connectivity index (χ1n) is 6.47. The molecule has 0 aliphatic heterocycles. The van der Waals surface area contributed by atoms with E-state index in [4.69, 9.17) is 11.6 Å². The molecule has 0 saturated heterocycles. The number of halogens is 3. The number of alkyl halides is 1. The van der Waals surface area contributed by atoms with E-state index >= 15 is 0 Å². The topological polar surface area (TPSA) is 46.2 Å². The number of sulfonamides is 1. The Bertz CT molecular complexity index is 580. The second kappa shape index (κ2) is 7.09. The minimum absolute atomic E-state index is 0.236. The SMILES string of the molecule is O=S(=O)(NCC1CCCC(Br)C1)c1ccc(Cl)c(Br)c1. The molecule has 2 unspecified atom stereocenters. The van der Waals surface area contributed by atoms with Crippen LogP contribution in [-0.2, 0) is 10.0 Å². The first kappa shape index (κ1) is 16.7. The molecule has 1 N–H and O–H groups in total. The molecule has 20 heavy (non-hydrogen) atoms. The lowest BCUT2D eigenvalue weighted by Crippen LogP contribution is -2.32. The van der Waals surface area contributed by atoms with E-state index < -0.39 is 10.0 Å². The summed E-state index contributed by atoms with van der Waals surface area (Å²) in [5, 5.41) is 0.498. The molecule has 2 rings (SSSR count). The lowest BCUT2D eigenvalue weighted by atomic mass is 9.89. The molecule has 1 aliphatic rings. The Morgan fingerprint density at radius 3 is 2.75 bits per heavy atom. The van der Waals surface area contributed by atoms with Crippen LogP contribution in [0.15, 0.2) is 27.6 Å². The molecule has 1 aromatic carbocycles. The van der Waals surface area contributed by atoms with Gasteiger partial charge in [0.15, 0.2) is 0 Å². The number of nitrogens with one attached hydrogen (secondary N) is 1. The van der Waals surface area contributed by atoms with E-state index in [1.54, 1.807) is 6.07 Å². The molecule has 2 atom stereocenters. The number of benzene rings is 1. The quantitative estimate of drug-likeness (QED) is 0.701. The van der Waals surface area contributed by atoms with E-state index in [0.29, 0.717) is 26.8 Å². The first-order valence-corrected chi connectivity index (χ1v) is 10.0. The van der Waals surface area contributed by atoms with Gasteiger partial charge in [0, 0.05) is 15.8 Å². The summed E-state index contributed by atoms with van der Waals surface area (Å²) in [6, 6.07) is 4.62. The molecule has 7 heteroatoms. The Kier molecular flexibility index (Phi) is 5.94. The normalized spacial score (nSPS) is 23.8. The Labute approximate surface area is 141 Å². The van der Waals surface area contributed by atoms with Gasteiger partial charge in [0.1, 0.15) is 0 Å². The van der Waals surface area contributed by atoms with Crippen molar-refractivity contribution in [2.75, 3.05) is 6.54 Å². The highest BCUT2D eigenvalue weighted by Gasteiger charge is 2.22. The Morgan fingerprint density at radius 2 is 2.10 bits per heavy atom. The molecule has 1 aromatic rings. The van der Waals surface area contributed by atoms with Crippen molar-refractivity contribution in [1.29, 1.82) is 0 Å². The van der Waals surface area contributed by atoms with Gasteiger partial charge in [0.05, 0.1) is 9.92 Å². The summed E-state index contributed by atoms with van der Waals surface area (Å²) in [4.78, 5) is 0.746. The van der Waals surface area contributed by atoms with Gasteiger partial charge in [-0.25, -0.2) is 13.1 Å². The average Bonchev–Trinajstić information content (AvgIpc) is 2.40. The number of rotatable bonds is 4. The van der Waals surface area contributed by atoms with E-state index in [1.807, 2.05) is 0 Å². The predicted octanol–water partition coefficient (Wildman–Crippen LogP) is 4.33. The summed E-state index contributed by atoms with van der Waals surface area (Å²) < 4.78 is 27.7. The van der Waals surface area contributed by atoms with Gasteiger partial charge in [0.2, 0.25) is 10.0 Å². The molecule has 0 heterocycles. The minimum Gasteiger partial charge on any atom is -0.211 e. The summed E-state index contributed by atoms with van der Waals surface area (Å²) in [5.74, 6) is 0.402. The second-order valence-corrected chi connectivity index (χ2v) is 9.38. The van der Waals surface area contributed by atoms with Gasteiger partial charge >= 0.3 is 0 Å². The molecular formula is C13H16Br2ClNO2S. The zero-order valence-electron chi connectivity index (χ0n) is 10.8. The fourth-order valence-electron chi connectivity index (χ4n) is 2.37. The van der Waals surface area contributed by atoms with Crippen LogP contribution in [0.5, 0.6) is 0 Å². The van der Waals surface area contributed by atoms with Crippen LogP contribution in [0.4, 0.5) is 0 Å². The highest BCUT2D eigenvalue weighted by Crippen LogP contribution is 2.29. The number of hydrogen-bond acceptors (Lipinski definition) is 2. The van der Waals surface area contributed by atoms with Gasteiger partial charge < -0.3 is 0 Å². The van der Waals surface area contributed by atoms with Crippen molar-refractivity contribution in [1.82, 2.24) is 4.72 Å². The van der Waals surface area contributed by atoms with Crippen LogP contribution >= 0.6 is 43.5 Å². The molecule has 0 amide bonds. The standard InChI is InChI=1S/C13H16Br2ClNO2S/c14-10-3-1-2-9(6-10)8-17-20(18,19)11-4-5-13(16)12(15)7-11/h4-5,7,9-10,17H,1-3,6,8H2. The molecule has 0 radical (unpaired) electrons. The van der Waals surface area contributed by atoms with Gasteiger partial charge in [-0.3, -0.25) is 0 Å². The van der Waals surface area contributed by atoms with Crippen molar-refractivity contribution in [2.45, 2.75) is 35.4 Å². The molecular weight excluding hydrogens is 429 g/mol. The molecule has 112 valence electrons. The molecule has 0 spiro atoms. The smallest absolute Gasteiger partial charge is 0.211 e. The van der Waals surface area contributed by atoms with Gasteiger partial charge in [-0.05, 0) is 59.3 Å². The lowest BCUT2D eigenvalue weighted by molar-refractivity contribution is 0.368. The third kappa shape index (κ3) is 4.44. The van der Waals surface area contributed by atoms with E-state index in [0.717, 1.165) is 19.3 Å². The maximum atomic E-state index is 12.2. The van der Waals surface area contributed by atoms with Crippen molar-refractivity contribution in [2.24, 2.45) is 5.92 Å². The van der Waals surface area contributed by atoms with Crippen molar-refractivity contribution >= 4 is 53.5 Å². The van der Waals surface area contributed by atoms with E-state index in [9.17, 15) is 8.42 Å². The summed E-state index contributed by atoms with van der Waals surface area (Å²) in [7, 11) is -3.47. The van der Waals surface area contributed by atoms with Crippen molar-refractivity contribution in [3.8, 4) is 0 Å². The molecule has 1 aliphatic carbocycles. The van der Waals surface area contributed by atoms with Crippen LogP contribution < -0.4 is 4.72 Å². The summed E-state index contributed by atoms with van der Waals surface area (Å²) in [5.41, 5.74) is 0. The molecule has 1 saturated carbocycles. The van der Waals surface area contributed by atoms with Crippen molar-refractivity contribution in [3.05, 3.63) is 27.7 Å². The van der Waals surface area contributed by atoms with Gasteiger partial charge in [-0.15, -0.1) is 0 Å². The summed E-state index contributed by atoms with van der Waals surface area (Å²) in [6.45, 7) is 0.491.